The highest BCUT2D eigenvalue weighted by Gasteiger charge is 2.53. The van der Waals surface area contributed by atoms with Gasteiger partial charge < -0.3 is 10.2 Å². The summed E-state index contributed by atoms with van der Waals surface area (Å²) >= 11 is 0. The van der Waals surface area contributed by atoms with Gasteiger partial charge in [-0.2, -0.15) is 0 Å². The summed E-state index contributed by atoms with van der Waals surface area (Å²) < 4.78 is 23.6. The highest BCUT2D eigenvalue weighted by atomic mass is 32.2. The Labute approximate surface area is 133 Å². The van der Waals surface area contributed by atoms with E-state index in [0.717, 1.165) is 19.5 Å². The Kier molecular flexibility index (Phi) is 4.27. The van der Waals surface area contributed by atoms with Crippen LogP contribution in [-0.2, 0) is 14.6 Å². The van der Waals surface area contributed by atoms with E-state index in [1.165, 1.54) is 38.4 Å². The normalized spacial score (nSPS) is 28.0. The van der Waals surface area contributed by atoms with Crippen LogP contribution in [0.3, 0.4) is 0 Å². The molecule has 1 spiro atoms. The molecule has 0 unspecified atom stereocenters. The van der Waals surface area contributed by atoms with Crippen LogP contribution in [0.4, 0.5) is 0 Å². The van der Waals surface area contributed by atoms with Crippen LogP contribution in [0.5, 0.6) is 0 Å². The molecule has 0 aromatic rings. The Balaban J connectivity index is 1.80. The number of carbonyl (C=O) groups is 1. The van der Waals surface area contributed by atoms with Crippen molar-refractivity contribution < 1.29 is 13.2 Å². The lowest BCUT2D eigenvalue weighted by molar-refractivity contribution is -0.134. The Hall–Kier alpha value is -0.620. The summed E-state index contributed by atoms with van der Waals surface area (Å²) in [6.07, 6.45) is 9.32. The summed E-state index contributed by atoms with van der Waals surface area (Å²) in [7, 11) is -3.40. The molecule has 1 amide bonds. The molecule has 0 bridgehead atoms. The smallest absolute Gasteiger partial charge is 0.244 e. The first-order valence-electron chi connectivity index (χ1n) is 8.58. The lowest BCUT2D eigenvalue weighted by Gasteiger charge is -2.38. The second-order valence-electron chi connectivity index (χ2n) is 7.55. The van der Waals surface area contributed by atoms with E-state index in [0.29, 0.717) is 25.9 Å². The first kappa shape index (κ1) is 16.2. The molecule has 1 aliphatic carbocycles. The molecule has 2 heterocycles. The largest absolute Gasteiger partial charge is 0.341 e. The molecule has 0 aromatic heterocycles. The number of hydrogen-bond acceptors (Lipinski definition) is 4. The van der Waals surface area contributed by atoms with Gasteiger partial charge in [0, 0.05) is 19.3 Å². The molecule has 2 aliphatic heterocycles. The van der Waals surface area contributed by atoms with E-state index in [1.807, 2.05) is 4.90 Å². The van der Waals surface area contributed by atoms with Gasteiger partial charge in [0.1, 0.15) is 0 Å². The maximum atomic E-state index is 13.1. The van der Waals surface area contributed by atoms with Crippen LogP contribution in [0.25, 0.3) is 0 Å². The lowest BCUT2D eigenvalue weighted by Crippen LogP contribution is -2.58. The predicted molar refractivity (Wildman–Crippen MR) is 86.4 cm³/mol. The van der Waals surface area contributed by atoms with Crippen molar-refractivity contribution in [2.45, 2.75) is 56.1 Å². The highest BCUT2D eigenvalue weighted by molar-refractivity contribution is 7.92. The fraction of sp³-hybridized carbons (Fsp3) is 0.938. The third-order valence-corrected chi connectivity index (χ3v) is 8.15. The number of piperidine rings is 1. The van der Waals surface area contributed by atoms with Crippen molar-refractivity contribution in [1.29, 1.82) is 0 Å². The number of sulfone groups is 1. The first-order valence-corrected chi connectivity index (χ1v) is 10.5. The molecule has 126 valence electrons. The fourth-order valence-corrected chi connectivity index (χ4v) is 6.07. The number of amides is 1. The Bertz CT molecular complexity index is 532. The average Bonchev–Trinajstić information content (AvgIpc) is 2.90. The predicted octanol–water partition coefficient (Wildman–Crippen LogP) is 1.34. The number of hydrogen-bond donors (Lipinski definition) is 1. The molecule has 3 rings (SSSR count). The van der Waals surface area contributed by atoms with Crippen LogP contribution in [0, 0.1) is 5.41 Å². The van der Waals surface area contributed by atoms with Crippen molar-refractivity contribution in [3.05, 3.63) is 0 Å². The van der Waals surface area contributed by atoms with E-state index in [2.05, 4.69) is 5.32 Å². The Morgan fingerprint density at radius 1 is 1.00 bits per heavy atom. The maximum absolute atomic E-state index is 13.1. The molecular weight excluding hydrogens is 300 g/mol. The van der Waals surface area contributed by atoms with Crippen molar-refractivity contribution in [1.82, 2.24) is 10.2 Å². The zero-order chi connectivity index (χ0) is 15.8. The van der Waals surface area contributed by atoms with Gasteiger partial charge in [0.05, 0.1) is 0 Å². The van der Waals surface area contributed by atoms with Crippen molar-refractivity contribution in [3.63, 3.8) is 0 Å². The minimum absolute atomic E-state index is 0.126. The standard InChI is InChI=1S/C16H28N2O3S/c1-22(20,21)16(7-10-17-11-8-16)14(19)18-12-9-15(13-18)5-3-2-4-6-15/h17H,2-13H2,1H3. The second-order valence-corrected chi connectivity index (χ2v) is 9.88. The van der Waals surface area contributed by atoms with Crippen LogP contribution in [0.2, 0.25) is 0 Å². The van der Waals surface area contributed by atoms with E-state index >= 15 is 0 Å². The molecular formula is C16H28N2O3S. The first-order chi connectivity index (χ1) is 10.4. The van der Waals surface area contributed by atoms with Crippen LogP contribution >= 0.6 is 0 Å². The number of likely N-dealkylation sites (tertiary alicyclic amines) is 1. The molecule has 0 radical (unpaired) electrons. The van der Waals surface area contributed by atoms with Crippen LogP contribution in [0.1, 0.15) is 51.4 Å². The van der Waals surface area contributed by atoms with E-state index in [4.69, 9.17) is 0 Å². The highest BCUT2D eigenvalue weighted by Crippen LogP contribution is 2.45. The molecule has 0 aromatic carbocycles. The minimum atomic E-state index is -3.40. The van der Waals surface area contributed by atoms with Gasteiger partial charge in [0.15, 0.2) is 14.6 Å². The van der Waals surface area contributed by atoms with E-state index in [9.17, 15) is 13.2 Å². The number of nitrogens with one attached hydrogen (secondary N) is 1. The van der Waals surface area contributed by atoms with Gasteiger partial charge in [-0.3, -0.25) is 4.79 Å². The number of nitrogens with zero attached hydrogens (tertiary/aromatic N) is 1. The van der Waals surface area contributed by atoms with Crippen molar-refractivity contribution >= 4 is 15.7 Å². The summed E-state index contributed by atoms with van der Waals surface area (Å²) in [4.78, 5) is 15.0. The maximum Gasteiger partial charge on any atom is 0.244 e. The molecule has 5 nitrogen and oxygen atoms in total. The van der Waals surface area contributed by atoms with E-state index in [-0.39, 0.29) is 11.3 Å². The van der Waals surface area contributed by atoms with Gasteiger partial charge in [0.25, 0.3) is 0 Å². The summed E-state index contributed by atoms with van der Waals surface area (Å²) in [6.45, 7) is 2.73. The topological polar surface area (TPSA) is 66.5 Å². The molecule has 6 heteroatoms. The summed E-state index contributed by atoms with van der Waals surface area (Å²) in [5.41, 5.74) is 0.277. The van der Waals surface area contributed by atoms with Gasteiger partial charge in [0.2, 0.25) is 5.91 Å². The van der Waals surface area contributed by atoms with Crippen molar-refractivity contribution in [3.8, 4) is 0 Å². The van der Waals surface area contributed by atoms with Crippen LogP contribution in [-0.4, -0.2) is 56.4 Å². The Morgan fingerprint density at radius 2 is 1.64 bits per heavy atom. The van der Waals surface area contributed by atoms with Gasteiger partial charge >= 0.3 is 0 Å². The van der Waals surface area contributed by atoms with Crippen molar-refractivity contribution in [2.75, 3.05) is 32.4 Å². The Morgan fingerprint density at radius 3 is 2.23 bits per heavy atom. The zero-order valence-electron chi connectivity index (χ0n) is 13.6. The average molecular weight is 328 g/mol. The van der Waals surface area contributed by atoms with Gasteiger partial charge in [-0.25, -0.2) is 8.42 Å². The summed E-state index contributed by atoms with van der Waals surface area (Å²) in [5.74, 6) is -0.126. The number of rotatable bonds is 2. The molecule has 2 saturated heterocycles. The molecule has 0 atom stereocenters. The quantitative estimate of drug-likeness (QED) is 0.831. The minimum Gasteiger partial charge on any atom is -0.341 e. The SMILES string of the molecule is CS(=O)(=O)C1(C(=O)N2CCC3(CCCCC3)C2)CCNCC1. The monoisotopic (exact) mass is 328 g/mol. The molecule has 1 saturated carbocycles. The molecule has 1 N–H and O–H groups in total. The molecule has 22 heavy (non-hydrogen) atoms. The fourth-order valence-electron chi connectivity index (χ4n) is 4.68. The van der Waals surface area contributed by atoms with E-state index < -0.39 is 14.6 Å². The van der Waals surface area contributed by atoms with Crippen LogP contribution < -0.4 is 5.32 Å². The molecule has 3 aliphatic rings. The zero-order valence-corrected chi connectivity index (χ0v) is 14.4. The van der Waals surface area contributed by atoms with E-state index in [1.54, 1.807) is 0 Å². The number of carbonyl (C=O) groups excluding carboxylic acids is 1. The summed E-state index contributed by atoms with van der Waals surface area (Å²) in [5, 5.41) is 3.18. The molecule has 3 fully saturated rings. The van der Waals surface area contributed by atoms with Crippen molar-refractivity contribution in [2.24, 2.45) is 5.41 Å². The van der Waals surface area contributed by atoms with Gasteiger partial charge in [-0.15, -0.1) is 0 Å². The summed E-state index contributed by atoms with van der Waals surface area (Å²) in [6, 6.07) is 0. The van der Waals surface area contributed by atoms with Gasteiger partial charge in [-0.1, -0.05) is 19.3 Å². The van der Waals surface area contributed by atoms with Crippen LogP contribution in [0.15, 0.2) is 0 Å². The third kappa shape index (κ3) is 2.68. The second kappa shape index (κ2) is 5.78. The third-order valence-electron chi connectivity index (χ3n) is 6.15. The van der Waals surface area contributed by atoms with Gasteiger partial charge in [-0.05, 0) is 50.6 Å². The lowest BCUT2D eigenvalue weighted by atomic mass is 9.73.